The van der Waals surface area contributed by atoms with Gasteiger partial charge in [-0.15, -0.1) is 0 Å². The molecule has 168 valence electrons. The minimum Gasteiger partial charge on any atom is -0.437 e. The Hall–Kier alpha value is -4.57. The molecule has 34 heavy (non-hydrogen) atoms. The molecule has 9 heteroatoms. The van der Waals surface area contributed by atoms with E-state index < -0.39 is 6.10 Å². The number of hydrogen-bond donors (Lipinski definition) is 2. The Balaban J connectivity index is 1.66. The molecule has 0 saturated carbocycles. The van der Waals surface area contributed by atoms with Gasteiger partial charge in [0.15, 0.2) is 5.75 Å². The molecule has 0 aliphatic rings. The van der Waals surface area contributed by atoms with E-state index in [9.17, 15) is 10.4 Å². The summed E-state index contributed by atoms with van der Waals surface area (Å²) in [4.78, 5) is 8.90. The number of aromatic nitrogens is 4. The zero-order valence-corrected chi connectivity index (χ0v) is 18.4. The summed E-state index contributed by atoms with van der Waals surface area (Å²) in [5, 5.41) is 35.6. The van der Waals surface area contributed by atoms with E-state index in [0.717, 1.165) is 11.3 Å². The van der Waals surface area contributed by atoms with Gasteiger partial charge in [-0.25, -0.2) is 9.67 Å². The Morgan fingerprint density at radius 2 is 1.94 bits per heavy atom. The number of hydrogen-bond acceptors (Lipinski definition) is 8. The van der Waals surface area contributed by atoms with Crippen LogP contribution in [0.3, 0.4) is 0 Å². The number of rotatable bonds is 8. The van der Waals surface area contributed by atoms with Gasteiger partial charge in [0.1, 0.15) is 11.5 Å². The highest BCUT2D eigenvalue weighted by Crippen LogP contribution is 2.30. The van der Waals surface area contributed by atoms with E-state index in [1.165, 1.54) is 0 Å². The first-order chi connectivity index (χ1) is 16.6. The van der Waals surface area contributed by atoms with Crippen LogP contribution in [0.1, 0.15) is 23.1 Å². The van der Waals surface area contributed by atoms with Crippen molar-refractivity contribution in [1.29, 1.82) is 10.5 Å². The SMILES string of the molecule is Cc1nc(Oc2cc(C#N)ccc2-n2cc([C@@H](O)CNCC#N)cn2)cc(-c2ccccc2)n1. The molecule has 0 aliphatic carbocycles. The van der Waals surface area contributed by atoms with Crippen LogP contribution in [0.5, 0.6) is 11.6 Å². The summed E-state index contributed by atoms with van der Waals surface area (Å²) in [5.41, 5.74) is 3.21. The van der Waals surface area contributed by atoms with Crippen molar-refractivity contribution in [3.8, 4) is 40.7 Å². The predicted molar refractivity (Wildman–Crippen MR) is 124 cm³/mol. The van der Waals surface area contributed by atoms with Gasteiger partial charge in [-0.1, -0.05) is 30.3 Å². The molecule has 9 nitrogen and oxygen atoms in total. The lowest BCUT2D eigenvalue weighted by Gasteiger charge is -2.13. The smallest absolute Gasteiger partial charge is 0.223 e. The van der Waals surface area contributed by atoms with E-state index in [0.29, 0.717) is 34.3 Å². The molecule has 0 saturated heterocycles. The van der Waals surface area contributed by atoms with E-state index in [4.69, 9.17) is 10.00 Å². The minimum atomic E-state index is -0.831. The third-order valence-corrected chi connectivity index (χ3v) is 4.96. The molecule has 2 aromatic carbocycles. The van der Waals surface area contributed by atoms with Gasteiger partial charge in [-0.3, -0.25) is 0 Å². The number of nitriles is 2. The Morgan fingerprint density at radius 1 is 1.12 bits per heavy atom. The molecule has 0 fully saturated rings. The molecule has 2 aromatic heterocycles. The number of nitrogens with zero attached hydrogens (tertiary/aromatic N) is 6. The topological polar surface area (TPSA) is 133 Å². The van der Waals surface area contributed by atoms with Crippen molar-refractivity contribution in [3.05, 3.63) is 83.9 Å². The lowest BCUT2D eigenvalue weighted by Crippen LogP contribution is -2.21. The maximum atomic E-state index is 10.3. The van der Waals surface area contributed by atoms with Crippen LogP contribution in [0, 0.1) is 29.6 Å². The van der Waals surface area contributed by atoms with Crippen molar-refractivity contribution in [1.82, 2.24) is 25.1 Å². The fourth-order valence-electron chi connectivity index (χ4n) is 3.34. The number of benzene rings is 2. The van der Waals surface area contributed by atoms with E-state index >= 15 is 0 Å². The molecule has 4 rings (SSSR count). The Labute approximate surface area is 196 Å². The number of aryl methyl sites for hydroxylation is 1. The van der Waals surface area contributed by atoms with Crippen molar-refractivity contribution in [2.24, 2.45) is 0 Å². The standard InChI is InChI=1S/C25H21N7O2/c1-17-30-21(19-5-3-2-4-6-19)12-25(31-17)34-24-11-18(13-27)7-8-22(24)32-16-20(14-29-32)23(33)15-28-10-9-26/h2-8,11-12,14,16,23,28,33H,10,15H2,1H3/t23-/m0/s1. The van der Waals surface area contributed by atoms with Gasteiger partial charge in [0.25, 0.3) is 0 Å². The molecule has 0 bridgehead atoms. The van der Waals surface area contributed by atoms with Crippen LogP contribution in [-0.4, -0.2) is 37.9 Å². The first-order valence-electron chi connectivity index (χ1n) is 10.5. The van der Waals surface area contributed by atoms with Gasteiger partial charge in [0.05, 0.1) is 42.2 Å². The van der Waals surface area contributed by atoms with Crippen molar-refractivity contribution >= 4 is 0 Å². The second kappa shape index (κ2) is 10.4. The molecule has 2 heterocycles. The number of aliphatic hydroxyl groups excluding tert-OH is 1. The molecule has 0 amide bonds. The lowest BCUT2D eigenvalue weighted by molar-refractivity contribution is 0.176. The Morgan fingerprint density at radius 3 is 2.71 bits per heavy atom. The van der Waals surface area contributed by atoms with Crippen LogP contribution in [0.4, 0.5) is 0 Å². The van der Waals surface area contributed by atoms with Crippen LogP contribution >= 0.6 is 0 Å². The molecular weight excluding hydrogens is 430 g/mol. The van der Waals surface area contributed by atoms with Gasteiger partial charge < -0.3 is 15.2 Å². The molecule has 0 spiro atoms. The van der Waals surface area contributed by atoms with Crippen LogP contribution in [0.2, 0.25) is 0 Å². The minimum absolute atomic E-state index is 0.141. The van der Waals surface area contributed by atoms with Crippen LogP contribution in [0.15, 0.2) is 67.0 Å². The highest BCUT2D eigenvalue weighted by molar-refractivity contribution is 5.60. The largest absolute Gasteiger partial charge is 0.437 e. The predicted octanol–water partition coefficient (Wildman–Crippen LogP) is 3.45. The third-order valence-electron chi connectivity index (χ3n) is 4.96. The second-order valence-electron chi connectivity index (χ2n) is 7.42. The number of nitrogens with one attached hydrogen (secondary N) is 1. The number of ether oxygens (including phenoxy) is 1. The van der Waals surface area contributed by atoms with Gasteiger partial charge in [-0.2, -0.15) is 20.6 Å². The molecule has 4 aromatic rings. The molecule has 0 unspecified atom stereocenters. The van der Waals surface area contributed by atoms with Crippen LogP contribution in [-0.2, 0) is 0 Å². The lowest BCUT2D eigenvalue weighted by atomic mass is 10.1. The summed E-state index contributed by atoms with van der Waals surface area (Å²) >= 11 is 0. The van der Waals surface area contributed by atoms with E-state index in [-0.39, 0.29) is 13.1 Å². The molecule has 0 aliphatic heterocycles. The van der Waals surface area contributed by atoms with E-state index in [2.05, 4.69) is 26.5 Å². The van der Waals surface area contributed by atoms with Gasteiger partial charge >= 0.3 is 0 Å². The molecule has 0 radical (unpaired) electrons. The summed E-state index contributed by atoms with van der Waals surface area (Å²) in [6.07, 6.45) is 2.39. The van der Waals surface area contributed by atoms with Gasteiger partial charge in [-0.05, 0) is 19.1 Å². The Kier molecular flexibility index (Phi) is 6.89. The average Bonchev–Trinajstić information content (AvgIpc) is 3.34. The highest BCUT2D eigenvalue weighted by Gasteiger charge is 2.15. The fraction of sp³-hybridized carbons (Fsp3) is 0.160. The monoisotopic (exact) mass is 451 g/mol. The van der Waals surface area contributed by atoms with E-state index in [1.807, 2.05) is 36.4 Å². The second-order valence-corrected chi connectivity index (χ2v) is 7.42. The van der Waals surface area contributed by atoms with Crippen molar-refractivity contribution in [2.75, 3.05) is 13.1 Å². The maximum absolute atomic E-state index is 10.3. The highest BCUT2D eigenvalue weighted by atomic mass is 16.5. The zero-order valence-electron chi connectivity index (χ0n) is 18.4. The fourth-order valence-corrected chi connectivity index (χ4v) is 3.34. The summed E-state index contributed by atoms with van der Waals surface area (Å²) in [6.45, 7) is 2.15. The van der Waals surface area contributed by atoms with Gasteiger partial charge in [0.2, 0.25) is 5.88 Å². The molecule has 1 atom stereocenters. The van der Waals surface area contributed by atoms with Crippen LogP contribution < -0.4 is 10.1 Å². The summed E-state index contributed by atoms with van der Waals surface area (Å²) in [7, 11) is 0. The first kappa shape index (κ1) is 22.6. The third kappa shape index (κ3) is 5.25. The molecular formula is C25H21N7O2. The van der Waals surface area contributed by atoms with Crippen molar-refractivity contribution < 1.29 is 9.84 Å². The summed E-state index contributed by atoms with van der Waals surface area (Å²) in [6, 6.07) is 20.5. The summed E-state index contributed by atoms with van der Waals surface area (Å²) < 4.78 is 7.69. The zero-order chi connectivity index (χ0) is 23.9. The quantitative estimate of drug-likeness (QED) is 0.307. The average molecular weight is 451 g/mol. The number of aliphatic hydroxyl groups is 1. The van der Waals surface area contributed by atoms with E-state index in [1.54, 1.807) is 48.3 Å². The van der Waals surface area contributed by atoms with Crippen molar-refractivity contribution in [3.63, 3.8) is 0 Å². The van der Waals surface area contributed by atoms with Crippen molar-refractivity contribution in [2.45, 2.75) is 13.0 Å². The van der Waals surface area contributed by atoms with Gasteiger partial charge in [0, 0.05) is 36.0 Å². The first-order valence-corrected chi connectivity index (χ1v) is 10.5. The molecule has 2 N–H and O–H groups in total. The summed E-state index contributed by atoms with van der Waals surface area (Å²) in [5.74, 6) is 1.25. The maximum Gasteiger partial charge on any atom is 0.223 e. The Bertz CT molecular complexity index is 1370. The normalized spacial score (nSPS) is 11.4. The van der Waals surface area contributed by atoms with Crippen LogP contribution in [0.25, 0.3) is 16.9 Å².